The lowest BCUT2D eigenvalue weighted by Crippen LogP contribution is -2.38. The van der Waals surface area contributed by atoms with E-state index in [0.717, 1.165) is 25.8 Å². The van der Waals surface area contributed by atoms with Gasteiger partial charge in [-0.25, -0.2) is 9.97 Å². The zero-order valence-corrected chi connectivity index (χ0v) is 15.6. The monoisotopic (exact) mass is 373 g/mol. The molecule has 144 valence electrons. The highest BCUT2D eigenvalue weighted by molar-refractivity contribution is 5.77. The van der Waals surface area contributed by atoms with Crippen LogP contribution in [0.4, 0.5) is 23.0 Å². The Balaban J connectivity index is 2.04. The number of rotatable bonds is 6. The van der Waals surface area contributed by atoms with Crippen molar-refractivity contribution < 1.29 is 14.4 Å². The van der Waals surface area contributed by atoms with Crippen molar-refractivity contribution in [1.29, 1.82) is 0 Å². The minimum atomic E-state index is -0.439. The van der Waals surface area contributed by atoms with Gasteiger partial charge in [0.25, 0.3) is 0 Å². The highest BCUT2D eigenvalue weighted by Gasteiger charge is 2.31. The summed E-state index contributed by atoms with van der Waals surface area (Å²) >= 11 is 0. The Morgan fingerprint density at radius 2 is 2.07 bits per heavy atom. The largest absolute Gasteiger partial charge is 0.497 e. The van der Waals surface area contributed by atoms with E-state index in [2.05, 4.69) is 22.2 Å². The Bertz CT molecular complexity index is 829. The van der Waals surface area contributed by atoms with Gasteiger partial charge in [-0.05, 0) is 38.3 Å². The molecule has 9 heteroatoms. The van der Waals surface area contributed by atoms with Crippen LogP contribution in [0.15, 0.2) is 24.5 Å². The Morgan fingerprint density at radius 1 is 1.26 bits per heavy atom. The third-order valence-electron chi connectivity index (χ3n) is 4.72. The van der Waals surface area contributed by atoms with Gasteiger partial charge in [0.1, 0.15) is 17.8 Å². The van der Waals surface area contributed by atoms with Crippen LogP contribution in [0.2, 0.25) is 0 Å². The van der Waals surface area contributed by atoms with E-state index in [0.29, 0.717) is 23.0 Å². The van der Waals surface area contributed by atoms with Gasteiger partial charge in [-0.2, -0.15) is 0 Å². The van der Waals surface area contributed by atoms with E-state index < -0.39 is 4.92 Å². The van der Waals surface area contributed by atoms with Crippen molar-refractivity contribution in [2.45, 2.75) is 32.2 Å². The van der Waals surface area contributed by atoms with Gasteiger partial charge in [0, 0.05) is 18.7 Å². The molecule has 0 amide bonds. The van der Waals surface area contributed by atoms with Crippen molar-refractivity contribution in [3.63, 3.8) is 0 Å². The van der Waals surface area contributed by atoms with Crippen molar-refractivity contribution >= 4 is 23.0 Å². The molecule has 0 radical (unpaired) electrons. The average Bonchev–Trinajstić information content (AvgIpc) is 2.68. The lowest BCUT2D eigenvalue weighted by molar-refractivity contribution is -0.383. The van der Waals surface area contributed by atoms with E-state index in [-0.39, 0.29) is 17.5 Å². The minimum absolute atomic E-state index is 0.120. The molecule has 2 heterocycles. The highest BCUT2D eigenvalue weighted by atomic mass is 16.6. The van der Waals surface area contributed by atoms with Gasteiger partial charge in [-0.1, -0.05) is 0 Å². The van der Waals surface area contributed by atoms with Gasteiger partial charge in [0.2, 0.25) is 11.6 Å². The first-order valence-electron chi connectivity index (χ1n) is 8.80. The summed E-state index contributed by atoms with van der Waals surface area (Å²) in [6.45, 7) is 2.80. The first-order valence-corrected chi connectivity index (χ1v) is 8.80. The Morgan fingerprint density at radius 3 is 2.74 bits per heavy atom. The molecule has 0 aliphatic carbocycles. The molecule has 27 heavy (non-hydrogen) atoms. The van der Waals surface area contributed by atoms with Crippen LogP contribution in [0.5, 0.6) is 11.5 Å². The third kappa shape index (κ3) is 3.86. The van der Waals surface area contributed by atoms with Gasteiger partial charge in [-0.3, -0.25) is 10.1 Å². The highest BCUT2D eigenvalue weighted by Crippen LogP contribution is 2.38. The van der Waals surface area contributed by atoms with Crippen LogP contribution in [0.25, 0.3) is 0 Å². The number of nitrogens with one attached hydrogen (secondary N) is 1. The zero-order valence-electron chi connectivity index (χ0n) is 15.6. The predicted molar refractivity (Wildman–Crippen MR) is 102 cm³/mol. The first kappa shape index (κ1) is 18.7. The Kier molecular flexibility index (Phi) is 5.58. The normalized spacial score (nSPS) is 16.7. The van der Waals surface area contributed by atoms with Crippen LogP contribution in [-0.4, -0.2) is 41.7 Å². The molecule has 1 N–H and O–H groups in total. The molecule has 9 nitrogen and oxygen atoms in total. The molecule has 1 aromatic carbocycles. The number of nitrogens with zero attached hydrogens (tertiary/aromatic N) is 4. The van der Waals surface area contributed by atoms with Crippen molar-refractivity contribution in [3.05, 3.63) is 34.6 Å². The number of methoxy groups -OCH3 is 2. The molecule has 0 bridgehead atoms. The van der Waals surface area contributed by atoms with Gasteiger partial charge in [0.05, 0.1) is 24.8 Å². The Hall–Kier alpha value is -3.10. The molecule has 1 fully saturated rings. The second-order valence-corrected chi connectivity index (χ2v) is 6.38. The summed E-state index contributed by atoms with van der Waals surface area (Å²) in [7, 11) is 3.08. The summed E-state index contributed by atoms with van der Waals surface area (Å²) in [6, 6.07) is 5.36. The molecule has 1 aliphatic heterocycles. The maximum atomic E-state index is 11.9. The SMILES string of the molecule is COc1ccc(OC)c(Nc2ncnc(N3CCCCC3C)c2[N+](=O)[O-])c1. The molecule has 1 unspecified atom stereocenters. The van der Waals surface area contributed by atoms with Crippen molar-refractivity contribution in [1.82, 2.24) is 9.97 Å². The van der Waals surface area contributed by atoms with E-state index in [1.165, 1.54) is 13.4 Å². The maximum absolute atomic E-state index is 11.9. The molecule has 0 saturated carbocycles. The molecule has 1 saturated heterocycles. The summed E-state index contributed by atoms with van der Waals surface area (Å²) in [5.74, 6) is 1.58. The standard InChI is InChI=1S/C18H23N5O4/c1-12-6-4-5-9-22(12)18-16(23(24)25)17(19-11-20-18)21-14-10-13(26-2)7-8-15(14)27-3/h7-8,10-12H,4-6,9H2,1-3H3,(H,19,20,21). The van der Waals surface area contributed by atoms with Crippen molar-refractivity contribution in [3.8, 4) is 11.5 Å². The van der Waals surface area contributed by atoms with E-state index in [1.807, 2.05) is 4.90 Å². The fourth-order valence-corrected chi connectivity index (χ4v) is 3.29. The quantitative estimate of drug-likeness (QED) is 0.606. The molecule has 1 aliphatic rings. The predicted octanol–water partition coefficient (Wildman–Crippen LogP) is 3.52. The third-order valence-corrected chi connectivity index (χ3v) is 4.72. The van der Waals surface area contributed by atoms with Crippen LogP contribution < -0.4 is 19.7 Å². The lowest BCUT2D eigenvalue weighted by Gasteiger charge is -2.33. The van der Waals surface area contributed by atoms with Crippen LogP contribution in [0.1, 0.15) is 26.2 Å². The van der Waals surface area contributed by atoms with E-state index in [9.17, 15) is 10.1 Å². The van der Waals surface area contributed by atoms with E-state index >= 15 is 0 Å². The van der Waals surface area contributed by atoms with E-state index in [1.54, 1.807) is 25.3 Å². The second-order valence-electron chi connectivity index (χ2n) is 6.38. The van der Waals surface area contributed by atoms with Crippen molar-refractivity contribution in [2.75, 3.05) is 31.0 Å². The van der Waals surface area contributed by atoms with Crippen molar-refractivity contribution in [2.24, 2.45) is 0 Å². The summed E-state index contributed by atoms with van der Waals surface area (Å²) in [6.07, 6.45) is 4.42. The first-order chi connectivity index (χ1) is 13.0. The molecule has 1 aromatic heterocycles. The van der Waals surface area contributed by atoms with Crippen LogP contribution >= 0.6 is 0 Å². The number of hydrogen-bond donors (Lipinski definition) is 1. The smallest absolute Gasteiger partial charge is 0.353 e. The molecular formula is C18H23N5O4. The number of benzene rings is 1. The summed E-state index contributed by atoms with van der Waals surface area (Å²) in [4.78, 5) is 21.8. The number of piperidine rings is 1. The van der Waals surface area contributed by atoms with Gasteiger partial charge in [0.15, 0.2) is 0 Å². The summed E-state index contributed by atoms with van der Waals surface area (Å²) in [5, 5.41) is 14.9. The Labute approximate surface area is 157 Å². The van der Waals surface area contributed by atoms with E-state index in [4.69, 9.17) is 9.47 Å². The number of aromatic nitrogens is 2. The summed E-state index contributed by atoms with van der Waals surface area (Å²) in [5.41, 5.74) is 0.382. The van der Waals surface area contributed by atoms with Crippen LogP contribution in [0.3, 0.4) is 0 Å². The lowest BCUT2D eigenvalue weighted by atomic mass is 10.0. The second kappa shape index (κ2) is 8.07. The zero-order chi connectivity index (χ0) is 19.4. The van der Waals surface area contributed by atoms with Crippen LogP contribution in [0, 0.1) is 10.1 Å². The molecule has 0 spiro atoms. The summed E-state index contributed by atoms with van der Waals surface area (Å²) < 4.78 is 10.6. The molecule has 3 rings (SSSR count). The minimum Gasteiger partial charge on any atom is -0.497 e. The average molecular weight is 373 g/mol. The molecular weight excluding hydrogens is 350 g/mol. The van der Waals surface area contributed by atoms with Gasteiger partial charge in [-0.15, -0.1) is 0 Å². The number of nitro groups is 1. The number of ether oxygens (including phenoxy) is 2. The fourth-order valence-electron chi connectivity index (χ4n) is 3.29. The topological polar surface area (TPSA) is 103 Å². The molecule has 1 atom stereocenters. The van der Waals surface area contributed by atoms with Gasteiger partial charge >= 0.3 is 5.69 Å². The number of anilines is 3. The maximum Gasteiger partial charge on any atom is 0.353 e. The van der Waals surface area contributed by atoms with Gasteiger partial charge < -0.3 is 19.7 Å². The number of hydrogen-bond acceptors (Lipinski definition) is 8. The van der Waals surface area contributed by atoms with Crippen LogP contribution in [-0.2, 0) is 0 Å². The molecule has 2 aromatic rings. The fraction of sp³-hybridized carbons (Fsp3) is 0.444.